The zero-order chi connectivity index (χ0) is 27.9. The second-order valence-electron chi connectivity index (χ2n) is 15.5. The van der Waals surface area contributed by atoms with Crippen LogP contribution in [0.3, 0.4) is 0 Å². The van der Waals surface area contributed by atoms with Gasteiger partial charge < -0.3 is 15.6 Å². The minimum absolute atomic E-state index is 0.0338. The maximum atomic E-state index is 14.4. The van der Waals surface area contributed by atoms with E-state index in [1.807, 2.05) is 0 Å². The van der Waals surface area contributed by atoms with Crippen LogP contribution in [-0.2, 0) is 9.59 Å². The Bertz CT molecular complexity index is 1100. The van der Waals surface area contributed by atoms with E-state index in [0.29, 0.717) is 5.92 Å². The first kappa shape index (κ1) is 27.9. The normalized spacial score (nSPS) is 48.7. The van der Waals surface area contributed by atoms with E-state index >= 15 is 0 Å². The molecule has 0 aromatic carbocycles. The van der Waals surface area contributed by atoms with Crippen molar-refractivity contribution in [3.63, 3.8) is 0 Å². The van der Waals surface area contributed by atoms with Gasteiger partial charge in [0.2, 0.25) is 5.91 Å². The first-order valence-electron chi connectivity index (χ1n) is 15.0. The molecule has 6 heteroatoms. The molecule has 0 heterocycles. The molecule has 0 saturated heterocycles. The number of aliphatic hydroxyl groups excluding tert-OH is 1. The summed E-state index contributed by atoms with van der Waals surface area (Å²) in [6, 6.07) is 0. The number of aliphatic hydroxyl groups is 1. The minimum Gasteiger partial charge on any atom is -0.411 e. The van der Waals surface area contributed by atoms with E-state index in [0.717, 1.165) is 63.5 Å². The van der Waals surface area contributed by atoms with Crippen LogP contribution in [0.25, 0.3) is 0 Å². The van der Waals surface area contributed by atoms with Gasteiger partial charge in [-0.3, -0.25) is 9.59 Å². The molecule has 38 heavy (non-hydrogen) atoms. The van der Waals surface area contributed by atoms with Gasteiger partial charge in [0.25, 0.3) is 0 Å². The maximum Gasteiger partial charge on any atom is 0.226 e. The number of ketones is 1. The number of carbonyl (C=O) groups excluding carboxylic acids is 2. The van der Waals surface area contributed by atoms with Crippen LogP contribution in [0.2, 0.25) is 0 Å². The molecule has 0 aliphatic heterocycles. The first-order chi connectivity index (χ1) is 17.6. The number of hydrogen-bond acceptors (Lipinski definition) is 5. The molecule has 0 radical (unpaired) electrons. The molecule has 6 nitrogen and oxygen atoms in total. The molecule has 4 fully saturated rings. The summed E-state index contributed by atoms with van der Waals surface area (Å²) in [6.07, 6.45) is 10.5. The molecule has 212 valence electrons. The standard InChI is InChI=1S/C32H50N2O4/c1-27(2)23-8-11-32(7)25(30(23,5)10-9-24(27)34-38)22(36)18-20-21-19-29(4,26(37)33-16-17-35)13-12-28(21,3)14-15-31(20,32)6/h18,21,23,25,35,38H,8-17,19H2,1-7H3,(H,33,37)/b34-24+/t21-,23-,25+,28+,29-,30-,31+,32+/m0/s1. The molecule has 0 aromatic rings. The fourth-order valence-corrected chi connectivity index (χ4v) is 10.8. The molecule has 8 atom stereocenters. The van der Waals surface area contributed by atoms with Crippen molar-refractivity contribution in [2.45, 2.75) is 106 Å². The molecule has 5 rings (SSSR count). The Morgan fingerprint density at radius 2 is 1.71 bits per heavy atom. The number of carbonyl (C=O) groups is 2. The van der Waals surface area contributed by atoms with E-state index in [1.165, 1.54) is 5.57 Å². The van der Waals surface area contributed by atoms with E-state index in [4.69, 9.17) is 0 Å². The Balaban J connectivity index is 1.57. The largest absolute Gasteiger partial charge is 0.411 e. The third kappa shape index (κ3) is 3.50. The highest BCUT2D eigenvalue weighted by molar-refractivity contribution is 5.97. The second kappa shape index (κ2) is 8.65. The van der Waals surface area contributed by atoms with Crippen LogP contribution < -0.4 is 5.32 Å². The van der Waals surface area contributed by atoms with Gasteiger partial charge in [0.1, 0.15) is 0 Å². The van der Waals surface area contributed by atoms with Crippen molar-refractivity contribution in [1.29, 1.82) is 0 Å². The Hall–Kier alpha value is -1.69. The number of rotatable bonds is 3. The highest BCUT2D eigenvalue weighted by Gasteiger charge is 2.70. The molecule has 0 unspecified atom stereocenters. The fraction of sp³-hybridized carbons (Fsp3) is 0.844. The Kier molecular flexibility index (Phi) is 6.34. The van der Waals surface area contributed by atoms with Crippen LogP contribution >= 0.6 is 0 Å². The third-order valence-corrected chi connectivity index (χ3v) is 13.4. The first-order valence-corrected chi connectivity index (χ1v) is 15.0. The molecule has 0 spiro atoms. The van der Waals surface area contributed by atoms with Gasteiger partial charge in [-0.15, -0.1) is 0 Å². The van der Waals surface area contributed by atoms with Gasteiger partial charge in [-0.2, -0.15) is 0 Å². The number of fused-ring (bicyclic) bond motifs is 7. The molecular formula is C32H50N2O4. The lowest BCUT2D eigenvalue weighted by Gasteiger charge is -2.70. The number of nitrogens with one attached hydrogen (secondary N) is 1. The third-order valence-electron chi connectivity index (χ3n) is 13.4. The maximum absolute atomic E-state index is 14.4. The summed E-state index contributed by atoms with van der Waals surface area (Å²) in [5, 5.41) is 25.7. The second-order valence-corrected chi connectivity index (χ2v) is 15.5. The molecule has 1 amide bonds. The van der Waals surface area contributed by atoms with Crippen molar-refractivity contribution < 1.29 is 19.9 Å². The summed E-state index contributed by atoms with van der Waals surface area (Å²) in [4.78, 5) is 27.6. The monoisotopic (exact) mass is 526 g/mol. The van der Waals surface area contributed by atoms with Crippen molar-refractivity contribution >= 4 is 17.4 Å². The number of oxime groups is 1. The van der Waals surface area contributed by atoms with Gasteiger partial charge in [0, 0.05) is 23.3 Å². The lowest BCUT2D eigenvalue weighted by molar-refractivity contribution is -0.175. The van der Waals surface area contributed by atoms with Crippen LogP contribution in [0.4, 0.5) is 0 Å². The Labute approximate surface area is 229 Å². The summed E-state index contributed by atoms with van der Waals surface area (Å²) in [6.45, 7) is 16.3. The zero-order valence-corrected chi connectivity index (χ0v) is 24.7. The van der Waals surface area contributed by atoms with Crippen LogP contribution in [0.15, 0.2) is 16.8 Å². The van der Waals surface area contributed by atoms with E-state index in [-0.39, 0.29) is 63.8 Å². The fourth-order valence-electron chi connectivity index (χ4n) is 10.8. The molecule has 4 saturated carbocycles. The summed E-state index contributed by atoms with van der Waals surface area (Å²) in [5.74, 6) is 0.787. The SMILES string of the molecule is CC1(C)/C(=N/O)CC[C@]2(C)[C@H]3C(=O)C=C4[C@@H]5C[C@@](C)(C(=O)NCCO)CC[C@]5(C)CC[C@@]4(C)[C@]3(C)CC[C@@H]12. The van der Waals surface area contributed by atoms with Crippen molar-refractivity contribution in [3.8, 4) is 0 Å². The summed E-state index contributed by atoms with van der Waals surface area (Å²) in [7, 11) is 0. The lowest BCUT2D eigenvalue weighted by Crippen LogP contribution is -2.66. The predicted octanol–water partition coefficient (Wildman–Crippen LogP) is 5.91. The van der Waals surface area contributed by atoms with Crippen molar-refractivity contribution in [2.24, 2.45) is 55.4 Å². The number of hydrogen-bond donors (Lipinski definition) is 3. The van der Waals surface area contributed by atoms with Gasteiger partial charge >= 0.3 is 0 Å². The summed E-state index contributed by atoms with van der Waals surface area (Å²) < 4.78 is 0. The van der Waals surface area contributed by atoms with Gasteiger partial charge in [-0.25, -0.2) is 0 Å². The molecule has 3 N–H and O–H groups in total. The van der Waals surface area contributed by atoms with E-state index < -0.39 is 5.41 Å². The van der Waals surface area contributed by atoms with E-state index in [9.17, 15) is 19.9 Å². The van der Waals surface area contributed by atoms with Crippen LogP contribution in [-0.4, -0.2) is 40.9 Å². The van der Waals surface area contributed by atoms with Crippen LogP contribution in [0.5, 0.6) is 0 Å². The predicted molar refractivity (Wildman–Crippen MR) is 149 cm³/mol. The molecule has 0 aromatic heterocycles. The number of allylic oxidation sites excluding steroid dienone is 2. The smallest absolute Gasteiger partial charge is 0.226 e. The Morgan fingerprint density at radius 1 is 1.03 bits per heavy atom. The van der Waals surface area contributed by atoms with E-state index in [1.54, 1.807) is 0 Å². The number of nitrogens with zero attached hydrogens (tertiary/aromatic N) is 1. The van der Waals surface area contributed by atoms with Gasteiger partial charge in [0.15, 0.2) is 5.78 Å². The zero-order valence-electron chi connectivity index (χ0n) is 24.7. The van der Waals surface area contributed by atoms with Gasteiger partial charge in [0.05, 0.1) is 12.3 Å². The van der Waals surface area contributed by atoms with Crippen LogP contribution in [0.1, 0.15) is 106 Å². The highest BCUT2D eigenvalue weighted by atomic mass is 16.4. The lowest BCUT2D eigenvalue weighted by atomic mass is 9.33. The number of amides is 1. The summed E-state index contributed by atoms with van der Waals surface area (Å²) in [5.41, 5.74) is 1.21. The average molecular weight is 527 g/mol. The Morgan fingerprint density at radius 3 is 2.37 bits per heavy atom. The van der Waals surface area contributed by atoms with E-state index in [2.05, 4.69) is 65.0 Å². The van der Waals surface area contributed by atoms with Gasteiger partial charge in [-0.1, -0.05) is 59.2 Å². The molecular weight excluding hydrogens is 476 g/mol. The van der Waals surface area contributed by atoms with Crippen LogP contribution in [0, 0.1) is 50.2 Å². The topological polar surface area (TPSA) is 99.0 Å². The summed E-state index contributed by atoms with van der Waals surface area (Å²) >= 11 is 0. The van der Waals surface area contributed by atoms with Gasteiger partial charge in [-0.05, 0) is 97.4 Å². The molecule has 0 bridgehead atoms. The minimum atomic E-state index is -0.490. The van der Waals surface area contributed by atoms with Crippen molar-refractivity contribution in [2.75, 3.05) is 13.2 Å². The van der Waals surface area contributed by atoms with Crippen molar-refractivity contribution in [3.05, 3.63) is 11.6 Å². The quantitative estimate of drug-likeness (QED) is 0.315. The molecule has 5 aliphatic rings. The average Bonchev–Trinajstić information content (AvgIpc) is 2.84. The highest BCUT2D eigenvalue weighted by Crippen LogP contribution is 2.74. The molecule has 5 aliphatic carbocycles. The van der Waals surface area contributed by atoms with Crippen molar-refractivity contribution in [1.82, 2.24) is 5.32 Å².